The van der Waals surface area contributed by atoms with Gasteiger partial charge in [0.2, 0.25) is 5.91 Å². The third-order valence-corrected chi connectivity index (χ3v) is 1.58. The van der Waals surface area contributed by atoms with Crippen molar-refractivity contribution in [2.24, 2.45) is 5.73 Å². The van der Waals surface area contributed by atoms with Gasteiger partial charge < -0.3 is 18.7 Å². The first kappa shape index (κ1) is 9.63. The third-order valence-electron chi connectivity index (χ3n) is 1.58. The molecule has 2 N–H and O–H groups in total. The Morgan fingerprint density at radius 1 is 1.23 bits per heavy atom. The van der Waals surface area contributed by atoms with E-state index < -0.39 is 23.9 Å². The summed E-state index contributed by atoms with van der Waals surface area (Å²) in [6.45, 7) is -5.17. The van der Waals surface area contributed by atoms with Crippen molar-refractivity contribution in [3.05, 3.63) is 29.8 Å². The first-order valence-electron chi connectivity index (χ1n) is 3.51. The highest BCUT2D eigenvalue weighted by molar-refractivity contribution is 6.74. The van der Waals surface area contributed by atoms with Gasteiger partial charge in [0.1, 0.15) is 0 Å². The fraction of sp³-hybridized carbons (Fsp3) is 0. The van der Waals surface area contributed by atoms with Crippen molar-refractivity contribution < 1.29 is 17.7 Å². The number of primary amides is 1. The number of hydrogen-bond donors (Lipinski definition) is 1. The van der Waals surface area contributed by atoms with Crippen LogP contribution in [-0.2, 0) is 0 Å². The molecule has 13 heavy (non-hydrogen) atoms. The van der Waals surface area contributed by atoms with Gasteiger partial charge in [-0.25, -0.2) is 0 Å². The Kier molecular flexibility index (Phi) is 2.31. The number of amides is 1. The predicted molar refractivity (Wildman–Crippen MR) is 43.7 cm³/mol. The number of carbonyl (C=O) groups excluding carboxylic acids is 1. The summed E-state index contributed by atoms with van der Waals surface area (Å²) >= 11 is 0. The van der Waals surface area contributed by atoms with Gasteiger partial charge in [-0.2, -0.15) is 0 Å². The zero-order chi connectivity index (χ0) is 10.1. The van der Waals surface area contributed by atoms with Crippen molar-refractivity contribution in [3.63, 3.8) is 0 Å². The van der Waals surface area contributed by atoms with Crippen LogP contribution in [0.5, 0.6) is 0 Å². The Balaban J connectivity index is 3.28. The summed E-state index contributed by atoms with van der Waals surface area (Å²) in [5.74, 6) is -1.06. The highest BCUT2D eigenvalue weighted by Crippen LogP contribution is 2.11. The van der Waals surface area contributed by atoms with Gasteiger partial charge in [-0.05, 0) is 0 Å². The van der Waals surface area contributed by atoms with Gasteiger partial charge in [0.05, 0.1) is 0 Å². The number of hydrogen-bond acceptors (Lipinski definition) is 1. The normalized spacial score (nSPS) is 11.3. The van der Waals surface area contributed by atoms with Crippen molar-refractivity contribution in [2.45, 2.75) is 0 Å². The van der Waals surface area contributed by atoms with E-state index in [1.165, 1.54) is 12.1 Å². The molecule has 0 atom stereocenters. The molecule has 1 aromatic carbocycles. The largest absolute Gasteiger partial charge is 0.510 e. The molecule has 0 aliphatic heterocycles. The maximum atomic E-state index is 12.3. The molecule has 0 bridgehead atoms. The zero-order valence-corrected chi connectivity index (χ0v) is 6.51. The Morgan fingerprint density at radius 3 is 2.15 bits per heavy atom. The standard InChI is InChI=1S/C7H6BF3NO/c9-8(10,11)6-4-2-1-3-5(6)7(12)13/h1-4H,(H2,12,13)/q-1. The van der Waals surface area contributed by atoms with Gasteiger partial charge in [-0.1, -0.05) is 29.7 Å². The molecule has 0 aliphatic carbocycles. The summed E-state index contributed by atoms with van der Waals surface area (Å²) in [6, 6.07) is 4.47. The third kappa shape index (κ3) is 2.02. The number of rotatable bonds is 2. The van der Waals surface area contributed by atoms with E-state index in [2.05, 4.69) is 0 Å². The van der Waals surface area contributed by atoms with E-state index in [0.29, 0.717) is 0 Å². The Morgan fingerprint density at radius 2 is 1.77 bits per heavy atom. The molecular formula is C7H6BF3NO-. The minimum absolute atomic E-state index is 0.477. The summed E-state index contributed by atoms with van der Waals surface area (Å²) in [5.41, 5.74) is 3.37. The molecule has 1 rings (SSSR count). The molecule has 2 nitrogen and oxygen atoms in total. The highest BCUT2D eigenvalue weighted by atomic mass is 19.4. The SMILES string of the molecule is NC(=O)c1ccccc1[B-](F)(F)F. The van der Waals surface area contributed by atoms with Crippen LogP contribution in [0.15, 0.2) is 24.3 Å². The molecule has 0 saturated carbocycles. The Labute approximate surface area is 72.6 Å². The summed E-state index contributed by atoms with van der Waals surface area (Å²) in [5, 5.41) is 0. The van der Waals surface area contributed by atoms with Crippen LogP contribution in [0.1, 0.15) is 10.4 Å². The molecule has 0 heterocycles. The second-order valence-electron chi connectivity index (χ2n) is 2.53. The van der Waals surface area contributed by atoms with Crippen LogP contribution in [0, 0.1) is 0 Å². The van der Waals surface area contributed by atoms with E-state index in [1.807, 2.05) is 0 Å². The topological polar surface area (TPSA) is 43.1 Å². The van der Waals surface area contributed by atoms with E-state index >= 15 is 0 Å². The molecule has 70 valence electrons. The lowest BCUT2D eigenvalue weighted by atomic mass is 9.77. The maximum absolute atomic E-state index is 12.3. The first-order valence-corrected chi connectivity index (χ1v) is 3.51. The Bertz CT molecular complexity index is 337. The average Bonchev–Trinajstić information content (AvgIpc) is 2.03. The van der Waals surface area contributed by atoms with E-state index in [0.717, 1.165) is 12.1 Å². The summed E-state index contributed by atoms with van der Waals surface area (Å²) in [6.07, 6.45) is 0. The van der Waals surface area contributed by atoms with Gasteiger partial charge in [-0.3, -0.25) is 4.79 Å². The van der Waals surface area contributed by atoms with Gasteiger partial charge in [-0.15, -0.1) is 0 Å². The molecule has 0 radical (unpaired) electrons. The molecule has 0 fully saturated rings. The van der Waals surface area contributed by atoms with Gasteiger partial charge in [0.15, 0.2) is 0 Å². The number of carbonyl (C=O) groups is 1. The number of halogens is 3. The Hall–Kier alpha value is -1.46. The highest BCUT2D eigenvalue weighted by Gasteiger charge is 2.29. The van der Waals surface area contributed by atoms with Crippen LogP contribution in [0.3, 0.4) is 0 Å². The quantitative estimate of drug-likeness (QED) is 0.686. The van der Waals surface area contributed by atoms with Crippen molar-refractivity contribution >= 4 is 18.3 Å². The van der Waals surface area contributed by atoms with E-state index in [-0.39, 0.29) is 0 Å². The molecule has 0 saturated heterocycles. The molecular weight excluding hydrogens is 182 g/mol. The van der Waals surface area contributed by atoms with Crippen LogP contribution in [0.2, 0.25) is 0 Å². The smallest absolute Gasteiger partial charge is 0.445 e. The monoisotopic (exact) mass is 188 g/mol. The predicted octanol–water partition coefficient (Wildman–Crippen LogP) is 0.840. The minimum atomic E-state index is -5.17. The van der Waals surface area contributed by atoms with Crippen LogP contribution >= 0.6 is 0 Å². The number of benzene rings is 1. The minimum Gasteiger partial charge on any atom is -0.445 e. The molecule has 1 aromatic rings. The van der Waals surface area contributed by atoms with E-state index in [4.69, 9.17) is 5.73 Å². The van der Waals surface area contributed by atoms with Crippen LogP contribution in [-0.4, -0.2) is 12.9 Å². The zero-order valence-electron chi connectivity index (χ0n) is 6.51. The maximum Gasteiger partial charge on any atom is 0.510 e. The van der Waals surface area contributed by atoms with E-state index in [9.17, 15) is 17.7 Å². The summed E-state index contributed by atoms with van der Waals surface area (Å²) < 4.78 is 36.8. The van der Waals surface area contributed by atoms with Crippen LogP contribution in [0.25, 0.3) is 0 Å². The molecule has 6 heteroatoms. The van der Waals surface area contributed by atoms with Crippen molar-refractivity contribution in [1.29, 1.82) is 0 Å². The van der Waals surface area contributed by atoms with Gasteiger partial charge in [0.25, 0.3) is 0 Å². The average molecular weight is 188 g/mol. The second-order valence-corrected chi connectivity index (χ2v) is 2.53. The fourth-order valence-electron chi connectivity index (χ4n) is 1.01. The molecule has 1 amide bonds. The van der Waals surface area contributed by atoms with Crippen LogP contribution in [0.4, 0.5) is 12.9 Å². The molecule has 0 aromatic heterocycles. The van der Waals surface area contributed by atoms with Gasteiger partial charge in [0, 0.05) is 5.56 Å². The van der Waals surface area contributed by atoms with Crippen molar-refractivity contribution in [1.82, 2.24) is 0 Å². The second kappa shape index (κ2) is 3.12. The summed E-state index contributed by atoms with van der Waals surface area (Å²) in [7, 11) is 0. The van der Waals surface area contributed by atoms with Crippen LogP contribution < -0.4 is 11.2 Å². The first-order chi connectivity index (χ1) is 5.93. The fourth-order valence-corrected chi connectivity index (χ4v) is 1.01. The summed E-state index contributed by atoms with van der Waals surface area (Å²) in [4.78, 5) is 10.6. The molecule has 0 unspecified atom stereocenters. The molecule has 0 spiro atoms. The number of nitrogens with two attached hydrogens (primary N) is 1. The molecule has 0 aliphatic rings. The van der Waals surface area contributed by atoms with Crippen molar-refractivity contribution in [2.75, 3.05) is 0 Å². The lowest BCUT2D eigenvalue weighted by molar-refractivity contribution is 0.100. The lowest BCUT2D eigenvalue weighted by Crippen LogP contribution is -2.39. The van der Waals surface area contributed by atoms with Gasteiger partial charge >= 0.3 is 6.98 Å². The van der Waals surface area contributed by atoms with E-state index in [1.54, 1.807) is 0 Å². The van der Waals surface area contributed by atoms with Crippen molar-refractivity contribution in [3.8, 4) is 0 Å². The lowest BCUT2D eigenvalue weighted by Gasteiger charge is -2.17.